The average molecular weight is 212 g/mol. The quantitative estimate of drug-likeness (QED) is 0.463. The summed E-state index contributed by atoms with van der Waals surface area (Å²) in [5, 5.41) is 8.35. The summed E-state index contributed by atoms with van der Waals surface area (Å²) in [7, 11) is 0. The summed E-state index contributed by atoms with van der Waals surface area (Å²) in [6.07, 6.45) is 11.5. The lowest BCUT2D eigenvalue weighted by atomic mass is 10.0. The lowest BCUT2D eigenvalue weighted by Gasteiger charge is -2.03. The van der Waals surface area contributed by atoms with E-state index in [1.54, 1.807) is 6.08 Å². The zero-order valence-corrected chi connectivity index (χ0v) is 10.0. The van der Waals surface area contributed by atoms with Gasteiger partial charge < -0.3 is 5.11 Å². The van der Waals surface area contributed by atoms with Gasteiger partial charge in [0.05, 0.1) is 0 Å². The van der Waals surface area contributed by atoms with E-state index in [1.807, 2.05) is 0 Å². The molecule has 0 rings (SSSR count). The first-order chi connectivity index (χ1) is 7.13. The molecule has 0 aromatic heterocycles. The van der Waals surface area contributed by atoms with E-state index in [2.05, 4.69) is 13.8 Å². The van der Waals surface area contributed by atoms with Crippen LogP contribution in [-0.2, 0) is 4.79 Å². The Morgan fingerprint density at radius 2 is 1.73 bits per heavy atom. The number of allylic oxidation sites excluding steroid dienone is 1. The zero-order chi connectivity index (χ0) is 11.5. The van der Waals surface area contributed by atoms with E-state index in [0.717, 1.165) is 18.8 Å². The van der Waals surface area contributed by atoms with E-state index in [-0.39, 0.29) is 0 Å². The summed E-state index contributed by atoms with van der Waals surface area (Å²) < 4.78 is 0. The molecule has 88 valence electrons. The molecule has 0 aliphatic rings. The van der Waals surface area contributed by atoms with Crippen LogP contribution >= 0.6 is 0 Å². The molecule has 0 radical (unpaired) electrons. The van der Waals surface area contributed by atoms with Crippen LogP contribution in [0, 0.1) is 5.92 Å². The summed E-state index contributed by atoms with van der Waals surface area (Å²) in [4.78, 5) is 10.2. The van der Waals surface area contributed by atoms with Crippen molar-refractivity contribution in [2.45, 2.75) is 58.8 Å². The largest absolute Gasteiger partial charge is 0.478 e. The molecular formula is C13H24O2. The van der Waals surface area contributed by atoms with E-state index >= 15 is 0 Å². The first kappa shape index (κ1) is 14.2. The highest BCUT2D eigenvalue weighted by Crippen LogP contribution is 2.11. The van der Waals surface area contributed by atoms with Crippen LogP contribution < -0.4 is 0 Å². The number of carboxylic acids is 1. The number of hydrogen-bond donors (Lipinski definition) is 1. The fourth-order valence-corrected chi connectivity index (χ4v) is 1.53. The second-order valence-electron chi connectivity index (χ2n) is 4.48. The van der Waals surface area contributed by atoms with Gasteiger partial charge in [0.15, 0.2) is 0 Å². The van der Waals surface area contributed by atoms with Gasteiger partial charge >= 0.3 is 5.97 Å². The Hall–Kier alpha value is -0.790. The van der Waals surface area contributed by atoms with Gasteiger partial charge in [-0.3, -0.25) is 0 Å². The van der Waals surface area contributed by atoms with Crippen molar-refractivity contribution in [2.24, 2.45) is 5.92 Å². The molecule has 1 N–H and O–H groups in total. The van der Waals surface area contributed by atoms with Crippen LogP contribution in [0.4, 0.5) is 0 Å². The van der Waals surface area contributed by atoms with Crippen LogP contribution in [0.1, 0.15) is 58.8 Å². The van der Waals surface area contributed by atoms with Gasteiger partial charge in [-0.15, -0.1) is 0 Å². The predicted molar refractivity (Wildman–Crippen MR) is 63.9 cm³/mol. The molecular weight excluding hydrogens is 188 g/mol. The topological polar surface area (TPSA) is 37.3 Å². The second-order valence-corrected chi connectivity index (χ2v) is 4.48. The third kappa shape index (κ3) is 13.2. The van der Waals surface area contributed by atoms with Crippen LogP contribution in [0.15, 0.2) is 12.2 Å². The van der Waals surface area contributed by atoms with Gasteiger partial charge in [-0.2, -0.15) is 0 Å². The van der Waals surface area contributed by atoms with Gasteiger partial charge in [0.25, 0.3) is 0 Å². The molecule has 0 fully saturated rings. The standard InChI is InChI=1S/C13H24O2/c1-12(2)10-8-6-4-3-5-7-9-11-13(14)15/h9,11-12H,3-8,10H2,1-2H3,(H,14,15)/b11-9+. The van der Waals surface area contributed by atoms with Gasteiger partial charge in [-0.25, -0.2) is 4.79 Å². The highest BCUT2D eigenvalue weighted by Gasteiger charge is 1.94. The minimum absolute atomic E-state index is 0.823. The van der Waals surface area contributed by atoms with E-state index in [1.165, 1.54) is 38.2 Å². The summed E-state index contributed by atoms with van der Waals surface area (Å²) >= 11 is 0. The smallest absolute Gasteiger partial charge is 0.327 e. The third-order valence-corrected chi connectivity index (χ3v) is 2.41. The van der Waals surface area contributed by atoms with Gasteiger partial charge in [-0.05, 0) is 18.8 Å². The SMILES string of the molecule is CC(C)CCCCCCC/C=C/C(=O)O. The lowest BCUT2D eigenvalue weighted by Crippen LogP contribution is -1.87. The second kappa shape index (κ2) is 9.75. The highest BCUT2D eigenvalue weighted by molar-refractivity contribution is 5.79. The maximum absolute atomic E-state index is 10.2. The van der Waals surface area contributed by atoms with Crippen molar-refractivity contribution in [3.8, 4) is 0 Å². The lowest BCUT2D eigenvalue weighted by molar-refractivity contribution is -0.131. The van der Waals surface area contributed by atoms with Crippen molar-refractivity contribution in [3.05, 3.63) is 12.2 Å². The normalized spacial score (nSPS) is 11.4. The first-order valence-corrected chi connectivity index (χ1v) is 6.02. The van der Waals surface area contributed by atoms with Crippen LogP contribution in [-0.4, -0.2) is 11.1 Å². The molecule has 0 bridgehead atoms. The molecule has 2 heteroatoms. The van der Waals surface area contributed by atoms with Gasteiger partial charge in [-0.1, -0.05) is 52.0 Å². The number of unbranched alkanes of at least 4 members (excludes halogenated alkanes) is 5. The molecule has 0 aliphatic heterocycles. The molecule has 0 unspecified atom stereocenters. The Morgan fingerprint density at radius 3 is 2.33 bits per heavy atom. The number of rotatable bonds is 9. The van der Waals surface area contributed by atoms with Crippen molar-refractivity contribution in [3.63, 3.8) is 0 Å². The Kier molecular flexibility index (Phi) is 9.24. The average Bonchev–Trinajstić information content (AvgIpc) is 2.14. The van der Waals surface area contributed by atoms with Crippen LogP contribution in [0.25, 0.3) is 0 Å². The van der Waals surface area contributed by atoms with Crippen LogP contribution in [0.2, 0.25) is 0 Å². The summed E-state index contributed by atoms with van der Waals surface area (Å²) in [5.74, 6) is -0.0181. The van der Waals surface area contributed by atoms with E-state index in [4.69, 9.17) is 5.11 Å². The Labute approximate surface area is 93.4 Å². The monoisotopic (exact) mass is 212 g/mol. The molecule has 0 aromatic carbocycles. The van der Waals surface area contributed by atoms with Gasteiger partial charge in [0.2, 0.25) is 0 Å². The number of hydrogen-bond acceptors (Lipinski definition) is 1. The summed E-state index contributed by atoms with van der Waals surface area (Å²) in [6.45, 7) is 4.52. The van der Waals surface area contributed by atoms with Crippen molar-refractivity contribution in [1.82, 2.24) is 0 Å². The molecule has 0 saturated carbocycles. The minimum Gasteiger partial charge on any atom is -0.478 e. The van der Waals surface area contributed by atoms with E-state index < -0.39 is 5.97 Å². The van der Waals surface area contributed by atoms with Crippen LogP contribution in [0.3, 0.4) is 0 Å². The number of carbonyl (C=O) groups is 1. The maximum atomic E-state index is 10.2. The first-order valence-electron chi connectivity index (χ1n) is 6.02. The van der Waals surface area contributed by atoms with E-state index in [0.29, 0.717) is 0 Å². The molecule has 0 amide bonds. The predicted octanol–water partition coefficient (Wildman–Crippen LogP) is 4.01. The third-order valence-electron chi connectivity index (χ3n) is 2.41. The molecule has 0 saturated heterocycles. The molecule has 0 aromatic rings. The fraction of sp³-hybridized carbons (Fsp3) is 0.769. The highest BCUT2D eigenvalue weighted by atomic mass is 16.4. The Morgan fingerprint density at radius 1 is 1.13 bits per heavy atom. The molecule has 0 heterocycles. The Balaban J connectivity index is 3.08. The van der Waals surface area contributed by atoms with Crippen molar-refractivity contribution >= 4 is 5.97 Å². The molecule has 15 heavy (non-hydrogen) atoms. The van der Waals surface area contributed by atoms with E-state index in [9.17, 15) is 4.79 Å². The molecule has 0 spiro atoms. The number of carboxylic acid groups (broad SMARTS) is 1. The molecule has 0 atom stereocenters. The fourth-order valence-electron chi connectivity index (χ4n) is 1.53. The van der Waals surface area contributed by atoms with Crippen molar-refractivity contribution < 1.29 is 9.90 Å². The van der Waals surface area contributed by atoms with Crippen molar-refractivity contribution in [1.29, 1.82) is 0 Å². The molecule has 0 aliphatic carbocycles. The molecule has 2 nitrogen and oxygen atoms in total. The summed E-state index contributed by atoms with van der Waals surface area (Å²) in [6, 6.07) is 0. The Bertz CT molecular complexity index is 183. The van der Waals surface area contributed by atoms with Gasteiger partial charge in [0.1, 0.15) is 0 Å². The van der Waals surface area contributed by atoms with Crippen LogP contribution in [0.5, 0.6) is 0 Å². The van der Waals surface area contributed by atoms with Gasteiger partial charge in [0, 0.05) is 6.08 Å². The summed E-state index contributed by atoms with van der Waals surface area (Å²) in [5.41, 5.74) is 0. The zero-order valence-electron chi connectivity index (χ0n) is 10.0. The number of aliphatic carboxylic acids is 1. The maximum Gasteiger partial charge on any atom is 0.327 e. The van der Waals surface area contributed by atoms with Crippen molar-refractivity contribution in [2.75, 3.05) is 0 Å². The minimum atomic E-state index is -0.841.